The molecule has 0 atom stereocenters. The normalized spacial score (nSPS) is 11.3. The molecule has 8 nitrogen and oxygen atoms in total. The predicted octanol–water partition coefficient (Wildman–Crippen LogP) is 3.61. The van der Waals surface area contributed by atoms with Crippen molar-refractivity contribution in [1.82, 2.24) is 15.3 Å². The fourth-order valence-corrected chi connectivity index (χ4v) is 4.33. The number of fused-ring (bicyclic) bond motifs is 1. The summed E-state index contributed by atoms with van der Waals surface area (Å²) in [4.78, 5) is 19.6. The number of carbonyl (C=O) groups is 1. The predicted molar refractivity (Wildman–Crippen MR) is 122 cm³/mol. The van der Waals surface area contributed by atoms with E-state index in [0.717, 1.165) is 22.0 Å². The molecule has 1 amide bonds. The van der Waals surface area contributed by atoms with Gasteiger partial charge in [-0.1, -0.05) is 18.2 Å². The van der Waals surface area contributed by atoms with Crippen molar-refractivity contribution in [3.63, 3.8) is 0 Å². The molecular formula is C23H22N4O4S. The van der Waals surface area contributed by atoms with Crippen molar-refractivity contribution in [1.29, 1.82) is 0 Å². The molecule has 0 aliphatic heterocycles. The van der Waals surface area contributed by atoms with Crippen LogP contribution in [0.25, 0.3) is 10.9 Å². The minimum Gasteiger partial charge on any atom is -0.495 e. The average Bonchev–Trinajstić information content (AvgIpc) is 3.22. The van der Waals surface area contributed by atoms with Crippen LogP contribution in [0, 0.1) is 6.92 Å². The number of pyridine rings is 1. The van der Waals surface area contributed by atoms with Crippen LogP contribution in [0.15, 0.2) is 71.9 Å². The summed E-state index contributed by atoms with van der Waals surface area (Å²) in [5.41, 5.74) is 3.31. The van der Waals surface area contributed by atoms with E-state index < -0.39 is 10.0 Å². The molecule has 2 aromatic carbocycles. The lowest BCUT2D eigenvalue weighted by Crippen LogP contribution is -2.23. The van der Waals surface area contributed by atoms with Crippen LogP contribution in [-0.2, 0) is 16.6 Å². The van der Waals surface area contributed by atoms with E-state index in [-0.39, 0.29) is 17.3 Å². The SMILES string of the molecule is COc1ccc(C)cc1NS(=O)(=O)c1ccc(CNC(=O)c2cc3cnccc3[nH]2)cc1. The molecule has 0 aliphatic carbocycles. The summed E-state index contributed by atoms with van der Waals surface area (Å²) in [7, 11) is -2.31. The first-order valence-corrected chi connectivity index (χ1v) is 11.3. The number of aromatic amines is 1. The number of H-pyrrole nitrogens is 1. The maximum Gasteiger partial charge on any atom is 0.267 e. The molecule has 32 heavy (non-hydrogen) atoms. The van der Waals surface area contributed by atoms with Crippen LogP contribution >= 0.6 is 0 Å². The number of nitrogens with one attached hydrogen (secondary N) is 3. The maximum absolute atomic E-state index is 12.8. The Morgan fingerprint density at radius 3 is 2.59 bits per heavy atom. The van der Waals surface area contributed by atoms with Crippen LogP contribution < -0.4 is 14.8 Å². The fourth-order valence-electron chi connectivity index (χ4n) is 3.26. The van der Waals surface area contributed by atoms with Crippen molar-refractivity contribution in [2.24, 2.45) is 0 Å². The molecule has 0 unspecified atom stereocenters. The lowest BCUT2D eigenvalue weighted by atomic mass is 10.2. The maximum atomic E-state index is 12.8. The highest BCUT2D eigenvalue weighted by Crippen LogP contribution is 2.28. The topological polar surface area (TPSA) is 113 Å². The molecule has 9 heteroatoms. The van der Waals surface area contributed by atoms with Gasteiger partial charge < -0.3 is 15.0 Å². The monoisotopic (exact) mass is 450 g/mol. The number of aromatic nitrogens is 2. The molecule has 2 heterocycles. The summed E-state index contributed by atoms with van der Waals surface area (Å²) in [6, 6.07) is 15.1. The number of benzene rings is 2. The van der Waals surface area contributed by atoms with E-state index >= 15 is 0 Å². The van der Waals surface area contributed by atoms with Gasteiger partial charge in [-0.2, -0.15) is 0 Å². The van der Waals surface area contributed by atoms with Crippen LogP contribution in [0.4, 0.5) is 5.69 Å². The minimum absolute atomic E-state index is 0.110. The molecule has 0 saturated carbocycles. The first kappa shape index (κ1) is 21.4. The molecule has 164 valence electrons. The number of sulfonamides is 1. The Balaban J connectivity index is 1.43. The quantitative estimate of drug-likeness (QED) is 0.398. The molecule has 0 bridgehead atoms. The molecule has 0 spiro atoms. The lowest BCUT2D eigenvalue weighted by Gasteiger charge is -2.13. The van der Waals surface area contributed by atoms with Crippen molar-refractivity contribution < 1.29 is 17.9 Å². The third kappa shape index (κ3) is 4.57. The van der Waals surface area contributed by atoms with Crippen LogP contribution in [0.3, 0.4) is 0 Å². The van der Waals surface area contributed by atoms with Gasteiger partial charge in [-0.3, -0.25) is 14.5 Å². The lowest BCUT2D eigenvalue weighted by molar-refractivity contribution is 0.0946. The van der Waals surface area contributed by atoms with Gasteiger partial charge in [0.05, 0.1) is 17.7 Å². The Morgan fingerprint density at radius 1 is 1.09 bits per heavy atom. The zero-order valence-electron chi connectivity index (χ0n) is 17.5. The zero-order chi connectivity index (χ0) is 22.7. The summed E-state index contributed by atoms with van der Waals surface area (Å²) in [6.07, 6.45) is 3.34. The van der Waals surface area contributed by atoms with E-state index in [1.165, 1.54) is 19.2 Å². The second-order valence-corrected chi connectivity index (χ2v) is 8.96. The molecule has 4 aromatic rings. The Kier molecular flexibility index (Phi) is 5.83. The van der Waals surface area contributed by atoms with E-state index in [0.29, 0.717) is 17.1 Å². The fraction of sp³-hybridized carbons (Fsp3) is 0.130. The van der Waals surface area contributed by atoms with E-state index in [9.17, 15) is 13.2 Å². The van der Waals surface area contributed by atoms with Crippen molar-refractivity contribution in [2.45, 2.75) is 18.4 Å². The van der Waals surface area contributed by atoms with Crippen molar-refractivity contribution in [2.75, 3.05) is 11.8 Å². The number of hydrogen-bond acceptors (Lipinski definition) is 5. The second kappa shape index (κ2) is 8.72. The highest BCUT2D eigenvalue weighted by Gasteiger charge is 2.17. The van der Waals surface area contributed by atoms with Gasteiger partial charge in [-0.05, 0) is 54.4 Å². The number of nitrogens with zero attached hydrogens (tertiary/aromatic N) is 1. The number of ether oxygens (including phenoxy) is 1. The molecule has 0 aliphatic rings. The number of anilines is 1. The highest BCUT2D eigenvalue weighted by atomic mass is 32.2. The molecule has 4 rings (SSSR count). The van der Waals surface area contributed by atoms with Crippen LogP contribution in [0.5, 0.6) is 5.75 Å². The number of rotatable bonds is 7. The Hall–Kier alpha value is -3.85. The van der Waals surface area contributed by atoms with Crippen molar-refractivity contribution in [3.8, 4) is 5.75 Å². The largest absolute Gasteiger partial charge is 0.495 e. The van der Waals surface area contributed by atoms with E-state index in [4.69, 9.17) is 4.74 Å². The van der Waals surface area contributed by atoms with Crippen LogP contribution in [-0.4, -0.2) is 31.4 Å². The number of hydrogen-bond donors (Lipinski definition) is 3. The molecule has 0 radical (unpaired) electrons. The molecule has 3 N–H and O–H groups in total. The summed E-state index contributed by atoms with van der Waals surface area (Å²) >= 11 is 0. The third-order valence-electron chi connectivity index (χ3n) is 4.95. The summed E-state index contributed by atoms with van der Waals surface area (Å²) in [6.45, 7) is 2.12. The average molecular weight is 451 g/mol. The number of aryl methyl sites for hydroxylation is 1. The first-order chi connectivity index (χ1) is 15.4. The van der Waals surface area contributed by atoms with Crippen molar-refractivity contribution >= 4 is 32.5 Å². The number of amides is 1. The van der Waals surface area contributed by atoms with Crippen LogP contribution in [0.2, 0.25) is 0 Å². The van der Waals surface area contributed by atoms with Gasteiger partial charge in [0, 0.05) is 29.8 Å². The van der Waals surface area contributed by atoms with Gasteiger partial charge in [0.2, 0.25) is 0 Å². The molecule has 0 saturated heterocycles. The Morgan fingerprint density at radius 2 is 1.88 bits per heavy atom. The van der Waals surface area contributed by atoms with Gasteiger partial charge in [0.25, 0.3) is 15.9 Å². The summed E-state index contributed by atoms with van der Waals surface area (Å²) in [5, 5.41) is 3.68. The minimum atomic E-state index is -3.80. The molecule has 0 fully saturated rings. The van der Waals surface area contributed by atoms with E-state index in [1.54, 1.807) is 48.8 Å². The zero-order valence-corrected chi connectivity index (χ0v) is 18.4. The molecule has 2 aromatic heterocycles. The van der Waals surface area contributed by atoms with Gasteiger partial charge in [0.1, 0.15) is 11.4 Å². The van der Waals surface area contributed by atoms with E-state index in [2.05, 4.69) is 20.0 Å². The Labute approximate surface area is 185 Å². The first-order valence-electron chi connectivity index (χ1n) is 9.83. The van der Waals surface area contributed by atoms with Gasteiger partial charge in [-0.25, -0.2) is 8.42 Å². The van der Waals surface area contributed by atoms with Gasteiger partial charge >= 0.3 is 0 Å². The third-order valence-corrected chi connectivity index (χ3v) is 6.33. The summed E-state index contributed by atoms with van der Waals surface area (Å²) in [5.74, 6) is 0.178. The smallest absolute Gasteiger partial charge is 0.267 e. The van der Waals surface area contributed by atoms with Crippen molar-refractivity contribution in [3.05, 3.63) is 83.8 Å². The van der Waals surface area contributed by atoms with Gasteiger partial charge in [0.15, 0.2) is 0 Å². The standard InChI is InChI=1S/C23H22N4O4S/c1-15-3-8-22(31-2)20(11-15)27-32(29,30)18-6-4-16(5-7-18)13-25-23(28)21-12-17-14-24-10-9-19(17)26-21/h3-12,14,26-27H,13H2,1-2H3,(H,25,28). The van der Waals surface area contributed by atoms with Crippen LogP contribution in [0.1, 0.15) is 21.6 Å². The van der Waals surface area contributed by atoms with E-state index in [1.807, 2.05) is 13.0 Å². The second-order valence-electron chi connectivity index (χ2n) is 7.28. The summed E-state index contributed by atoms with van der Waals surface area (Å²) < 4.78 is 33.4. The number of carbonyl (C=O) groups excluding carboxylic acids is 1. The molecular weight excluding hydrogens is 428 g/mol. The van der Waals surface area contributed by atoms with Gasteiger partial charge in [-0.15, -0.1) is 0 Å². The highest BCUT2D eigenvalue weighted by molar-refractivity contribution is 7.92. The number of methoxy groups -OCH3 is 1. The Bertz CT molecular complexity index is 1350.